The second-order valence-electron chi connectivity index (χ2n) is 3.80. The minimum Gasteiger partial charge on any atom is -0.321 e. The van der Waals surface area contributed by atoms with E-state index in [9.17, 15) is 4.79 Å². The second-order valence-corrected chi connectivity index (χ2v) is 4.65. The first-order valence-corrected chi connectivity index (χ1v) is 6.08. The van der Waals surface area contributed by atoms with Gasteiger partial charge in [0.15, 0.2) is 0 Å². The number of carbonyl (C=O) groups is 1. The molecule has 0 aliphatic rings. The number of halogens is 1. The first kappa shape index (κ1) is 11.9. The van der Waals surface area contributed by atoms with E-state index in [2.05, 4.69) is 21.2 Å². The average molecular weight is 290 g/mol. The van der Waals surface area contributed by atoms with E-state index in [-0.39, 0.29) is 5.91 Å². The molecule has 0 aliphatic carbocycles. The van der Waals surface area contributed by atoms with Gasteiger partial charge >= 0.3 is 0 Å². The fraction of sp³-hybridized carbons (Fsp3) is 0.0714. The van der Waals surface area contributed by atoms with Gasteiger partial charge < -0.3 is 5.32 Å². The minimum atomic E-state index is -0.100. The van der Waals surface area contributed by atoms with Crippen molar-refractivity contribution in [3.63, 3.8) is 0 Å². The lowest BCUT2D eigenvalue weighted by atomic mass is 10.1. The zero-order valence-electron chi connectivity index (χ0n) is 9.41. The van der Waals surface area contributed by atoms with E-state index in [1.54, 1.807) is 0 Å². The van der Waals surface area contributed by atoms with Crippen molar-refractivity contribution >= 4 is 27.5 Å². The number of rotatable bonds is 2. The van der Waals surface area contributed by atoms with Crippen LogP contribution in [0, 0.1) is 6.92 Å². The second kappa shape index (κ2) is 5.15. The molecule has 0 atom stereocenters. The Hall–Kier alpha value is -1.61. The number of carbonyl (C=O) groups excluding carboxylic acids is 1. The van der Waals surface area contributed by atoms with Gasteiger partial charge in [0.25, 0.3) is 5.91 Å². The number of aryl methyl sites for hydroxylation is 1. The average Bonchev–Trinajstić information content (AvgIpc) is 2.33. The third kappa shape index (κ3) is 2.94. The SMILES string of the molecule is Cc1ccc(C(=O)Nc2ccccc2Br)cc1. The van der Waals surface area contributed by atoms with Crippen molar-refractivity contribution in [2.24, 2.45) is 0 Å². The maximum absolute atomic E-state index is 11.9. The largest absolute Gasteiger partial charge is 0.321 e. The summed E-state index contributed by atoms with van der Waals surface area (Å²) in [5.74, 6) is -0.100. The summed E-state index contributed by atoms with van der Waals surface area (Å²) < 4.78 is 0.875. The van der Waals surface area contributed by atoms with E-state index < -0.39 is 0 Å². The Bertz CT molecular complexity index is 534. The fourth-order valence-electron chi connectivity index (χ4n) is 1.46. The quantitative estimate of drug-likeness (QED) is 0.889. The van der Waals surface area contributed by atoms with E-state index in [0.29, 0.717) is 5.56 Å². The van der Waals surface area contributed by atoms with Gasteiger partial charge in [-0.1, -0.05) is 29.8 Å². The lowest BCUT2D eigenvalue weighted by Gasteiger charge is -2.07. The molecule has 0 fully saturated rings. The van der Waals surface area contributed by atoms with Crippen LogP contribution < -0.4 is 5.32 Å². The Labute approximate surface area is 109 Å². The summed E-state index contributed by atoms with van der Waals surface area (Å²) in [7, 11) is 0. The zero-order chi connectivity index (χ0) is 12.3. The molecular weight excluding hydrogens is 278 g/mol. The van der Waals surface area contributed by atoms with Crippen molar-refractivity contribution in [2.75, 3.05) is 5.32 Å². The van der Waals surface area contributed by atoms with Crippen molar-refractivity contribution in [3.8, 4) is 0 Å². The van der Waals surface area contributed by atoms with Gasteiger partial charge in [-0.15, -0.1) is 0 Å². The molecule has 86 valence electrons. The third-order valence-corrected chi connectivity index (χ3v) is 3.13. The predicted molar refractivity (Wildman–Crippen MR) is 73.3 cm³/mol. The van der Waals surface area contributed by atoms with Crippen molar-refractivity contribution in [1.29, 1.82) is 0 Å². The number of anilines is 1. The van der Waals surface area contributed by atoms with Gasteiger partial charge in [-0.2, -0.15) is 0 Å². The van der Waals surface area contributed by atoms with E-state index in [1.165, 1.54) is 0 Å². The van der Waals surface area contributed by atoms with Crippen LogP contribution in [0.2, 0.25) is 0 Å². The van der Waals surface area contributed by atoms with Gasteiger partial charge in [-0.25, -0.2) is 0 Å². The maximum Gasteiger partial charge on any atom is 0.255 e. The number of benzene rings is 2. The van der Waals surface area contributed by atoms with E-state index in [0.717, 1.165) is 15.7 Å². The van der Waals surface area contributed by atoms with Gasteiger partial charge in [-0.3, -0.25) is 4.79 Å². The fourth-order valence-corrected chi connectivity index (χ4v) is 1.85. The van der Waals surface area contributed by atoms with Gasteiger partial charge in [0, 0.05) is 10.0 Å². The van der Waals surface area contributed by atoms with Gasteiger partial charge in [-0.05, 0) is 47.1 Å². The highest BCUT2D eigenvalue weighted by atomic mass is 79.9. The summed E-state index contributed by atoms with van der Waals surface area (Å²) in [5, 5.41) is 2.86. The Kier molecular flexibility index (Phi) is 3.59. The molecule has 1 amide bonds. The molecule has 2 aromatic rings. The molecule has 2 aromatic carbocycles. The topological polar surface area (TPSA) is 29.1 Å². The van der Waals surface area contributed by atoms with Crippen LogP contribution in [0.15, 0.2) is 53.0 Å². The Balaban J connectivity index is 2.17. The van der Waals surface area contributed by atoms with E-state index >= 15 is 0 Å². The molecule has 0 aromatic heterocycles. The Morgan fingerprint density at radius 2 is 1.71 bits per heavy atom. The molecular formula is C14H12BrNO. The smallest absolute Gasteiger partial charge is 0.255 e. The summed E-state index contributed by atoms with van der Waals surface area (Å²) in [4.78, 5) is 11.9. The molecule has 1 N–H and O–H groups in total. The first-order chi connectivity index (χ1) is 8.16. The molecule has 0 bridgehead atoms. The monoisotopic (exact) mass is 289 g/mol. The van der Waals surface area contributed by atoms with Crippen molar-refractivity contribution in [3.05, 3.63) is 64.1 Å². The predicted octanol–water partition coefficient (Wildman–Crippen LogP) is 4.01. The normalized spacial score (nSPS) is 10.0. The van der Waals surface area contributed by atoms with Crippen molar-refractivity contribution in [2.45, 2.75) is 6.92 Å². The molecule has 0 saturated heterocycles. The molecule has 2 nitrogen and oxygen atoms in total. The molecule has 0 aliphatic heterocycles. The standard InChI is InChI=1S/C14H12BrNO/c1-10-6-8-11(9-7-10)14(17)16-13-5-3-2-4-12(13)15/h2-9H,1H3,(H,16,17). The Morgan fingerprint density at radius 3 is 2.35 bits per heavy atom. The number of hydrogen-bond acceptors (Lipinski definition) is 1. The number of amides is 1. The summed E-state index contributed by atoms with van der Waals surface area (Å²) in [6, 6.07) is 15.0. The lowest BCUT2D eigenvalue weighted by molar-refractivity contribution is 0.102. The molecule has 0 saturated carbocycles. The number of para-hydroxylation sites is 1. The van der Waals surface area contributed by atoms with Crippen molar-refractivity contribution < 1.29 is 4.79 Å². The first-order valence-electron chi connectivity index (χ1n) is 5.29. The van der Waals surface area contributed by atoms with Gasteiger partial charge in [0.05, 0.1) is 5.69 Å². The van der Waals surface area contributed by atoms with Gasteiger partial charge in [0.1, 0.15) is 0 Å². The van der Waals surface area contributed by atoms with Crippen LogP contribution >= 0.6 is 15.9 Å². The molecule has 0 unspecified atom stereocenters. The molecule has 2 rings (SSSR count). The minimum absolute atomic E-state index is 0.100. The van der Waals surface area contributed by atoms with Crippen LogP contribution in [0.4, 0.5) is 5.69 Å². The van der Waals surface area contributed by atoms with Gasteiger partial charge in [0.2, 0.25) is 0 Å². The summed E-state index contributed by atoms with van der Waals surface area (Å²) in [5.41, 5.74) is 2.58. The molecule has 0 spiro atoms. The van der Waals surface area contributed by atoms with Crippen LogP contribution in [0.1, 0.15) is 15.9 Å². The highest BCUT2D eigenvalue weighted by Gasteiger charge is 2.06. The van der Waals surface area contributed by atoms with Crippen LogP contribution in [0.3, 0.4) is 0 Å². The highest BCUT2D eigenvalue weighted by molar-refractivity contribution is 9.10. The highest BCUT2D eigenvalue weighted by Crippen LogP contribution is 2.21. The molecule has 0 radical (unpaired) electrons. The summed E-state index contributed by atoms with van der Waals surface area (Å²) >= 11 is 3.39. The summed E-state index contributed by atoms with van der Waals surface area (Å²) in [6.45, 7) is 2.00. The molecule has 3 heteroatoms. The van der Waals surface area contributed by atoms with Crippen molar-refractivity contribution in [1.82, 2.24) is 0 Å². The van der Waals surface area contributed by atoms with Crippen LogP contribution in [-0.4, -0.2) is 5.91 Å². The number of nitrogens with one attached hydrogen (secondary N) is 1. The summed E-state index contributed by atoms with van der Waals surface area (Å²) in [6.07, 6.45) is 0. The molecule has 17 heavy (non-hydrogen) atoms. The maximum atomic E-state index is 11.9. The van der Waals surface area contributed by atoms with Crippen LogP contribution in [0.25, 0.3) is 0 Å². The third-order valence-electron chi connectivity index (χ3n) is 2.44. The lowest BCUT2D eigenvalue weighted by Crippen LogP contribution is -2.12. The number of hydrogen-bond donors (Lipinski definition) is 1. The zero-order valence-corrected chi connectivity index (χ0v) is 11.0. The Morgan fingerprint density at radius 1 is 1.06 bits per heavy atom. The van der Waals surface area contributed by atoms with Crippen LogP contribution in [0.5, 0.6) is 0 Å². The van der Waals surface area contributed by atoms with Crippen LogP contribution in [-0.2, 0) is 0 Å². The van der Waals surface area contributed by atoms with E-state index in [1.807, 2.05) is 55.5 Å². The molecule has 0 heterocycles. The van der Waals surface area contributed by atoms with E-state index in [4.69, 9.17) is 0 Å².